The summed E-state index contributed by atoms with van der Waals surface area (Å²) in [7, 11) is 1.78. The van der Waals surface area contributed by atoms with Crippen LogP contribution in [-0.4, -0.2) is 45.3 Å². The van der Waals surface area contributed by atoms with Gasteiger partial charge in [0.05, 0.1) is 11.3 Å². The molecule has 9 heteroatoms. The first kappa shape index (κ1) is 21.6. The summed E-state index contributed by atoms with van der Waals surface area (Å²) in [6.07, 6.45) is 7.12. The van der Waals surface area contributed by atoms with Crippen molar-refractivity contribution >= 4 is 23.3 Å². The van der Waals surface area contributed by atoms with E-state index in [4.69, 9.17) is 4.74 Å². The van der Waals surface area contributed by atoms with Gasteiger partial charge in [-0.05, 0) is 73.9 Å². The fourth-order valence-corrected chi connectivity index (χ4v) is 3.85. The Bertz CT molecular complexity index is 1220. The van der Waals surface area contributed by atoms with Crippen LogP contribution >= 0.6 is 0 Å². The molecule has 0 atom stereocenters. The number of piperidine rings is 1. The van der Waals surface area contributed by atoms with E-state index < -0.39 is 0 Å². The second kappa shape index (κ2) is 10.1. The first-order valence-electron chi connectivity index (χ1n) is 11.4. The number of anilines is 4. The smallest absolute Gasteiger partial charge is 0.228 e. The number of aromatic nitrogens is 5. The van der Waals surface area contributed by atoms with Crippen molar-refractivity contribution < 1.29 is 4.74 Å². The SMILES string of the molecule is CNc1nccc(-c2cccnc2Oc2ccc(Nc3ccc(N4CCCCC4)nn3)cc2)n1. The third-order valence-corrected chi connectivity index (χ3v) is 5.60. The van der Waals surface area contributed by atoms with Gasteiger partial charge in [0.2, 0.25) is 11.8 Å². The molecule has 2 N–H and O–H groups in total. The molecular weight excluding hydrogens is 428 g/mol. The van der Waals surface area contributed by atoms with Gasteiger partial charge in [-0.2, -0.15) is 0 Å². The summed E-state index contributed by atoms with van der Waals surface area (Å²) in [6, 6.07) is 17.2. The Kier molecular flexibility index (Phi) is 6.42. The van der Waals surface area contributed by atoms with Crippen molar-refractivity contribution in [3.05, 3.63) is 67.0 Å². The monoisotopic (exact) mass is 454 g/mol. The van der Waals surface area contributed by atoms with E-state index in [0.29, 0.717) is 23.4 Å². The van der Waals surface area contributed by atoms with Gasteiger partial charge >= 0.3 is 0 Å². The maximum atomic E-state index is 6.07. The number of benzene rings is 1. The highest BCUT2D eigenvalue weighted by molar-refractivity contribution is 5.66. The maximum Gasteiger partial charge on any atom is 0.228 e. The fraction of sp³-hybridized carbons (Fsp3) is 0.240. The molecule has 0 radical (unpaired) electrons. The zero-order valence-corrected chi connectivity index (χ0v) is 19.0. The van der Waals surface area contributed by atoms with Crippen molar-refractivity contribution in [1.82, 2.24) is 25.1 Å². The van der Waals surface area contributed by atoms with Crippen LogP contribution in [0.15, 0.2) is 67.0 Å². The molecule has 172 valence electrons. The Morgan fingerprint density at radius 1 is 0.853 bits per heavy atom. The number of nitrogens with one attached hydrogen (secondary N) is 2. The summed E-state index contributed by atoms with van der Waals surface area (Å²) in [5.41, 5.74) is 2.41. The zero-order valence-electron chi connectivity index (χ0n) is 19.0. The van der Waals surface area contributed by atoms with Crippen molar-refractivity contribution in [2.45, 2.75) is 19.3 Å². The molecule has 3 aromatic heterocycles. The molecule has 5 rings (SSSR count). The van der Waals surface area contributed by atoms with Crippen LogP contribution in [0, 0.1) is 0 Å². The van der Waals surface area contributed by atoms with E-state index in [0.717, 1.165) is 35.9 Å². The predicted octanol–water partition coefficient (Wildman–Crippen LogP) is 4.90. The topological polar surface area (TPSA) is 101 Å². The van der Waals surface area contributed by atoms with Crippen molar-refractivity contribution in [2.24, 2.45) is 0 Å². The molecule has 0 bridgehead atoms. The summed E-state index contributed by atoms with van der Waals surface area (Å²) in [5, 5.41) is 15.0. The first-order chi connectivity index (χ1) is 16.8. The minimum Gasteiger partial charge on any atom is -0.438 e. The number of hydrogen-bond acceptors (Lipinski definition) is 9. The third-order valence-electron chi connectivity index (χ3n) is 5.60. The van der Waals surface area contributed by atoms with E-state index in [-0.39, 0.29) is 0 Å². The molecule has 4 aromatic rings. The van der Waals surface area contributed by atoms with Crippen molar-refractivity contribution in [3.8, 4) is 22.9 Å². The van der Waals surface area contributed by atoms with Crippen LogP contribution in [-0.2, 0) is 0 Å². The van der Waals surface area contributed by atoms with Gasteiger partial charge in [0.1, 0.15) is 5.75 Å². The zero-order chi connectivity index (χ0) is 23.2. The molecule has 0 amide bonds. The van der Waals surface area contributed by atoms with Crippen LogP contribution in [0.2, 0.25) is 0 Å². The Morgan fingerprint density at radius 3 is 2.47 bits per heavy atom. The molecule has 1 saturated heterocycles. The van der Waals surface area contributed by atoms with Gasteiger partial charge in [-0.1, -0.05) is 0 Å². The van der Waals surface area contributed by atoms with Gasteiger partial charge in [-0.15, -0.1) is 10.2 Å². The van der Waals surface area contributed by atoms with Gasteiger partial charge in [0.25, 0.3) is 0 Å². The minimum absolute atomic E-state index is 0.475. The lowest BCUT2D eigenvalue weighted by atomic mass is 10.1. The van der Waals surface area contributed by atoms with Gasteiger partial charge in [-0.3, -0.25) is 0 Å². The quantitative estimate of drug-likeness (QED) is 0.404. The lowest BCUT2D eigenvalue weighted by molar-refractivity contribution is 0.465. The number of pyridine rings is 1. The standard InChI is InChI=1S/C25H26N8O/c1-26-25-28-15-13-21(30-25)20-6-5-14-27-24(20)34-19-9-7-18(8-10-19)29-22-11-12-23(32-31-22)33-16-3-2-4-17-33/h5-15H,2-4,16-17H2,1H3,(H,29,31)(H,26,28,30). The second-order valence-electron chi connectivity index (χ2n) is 7.95. The van der Waals surface area contributed by atoms with Gasteiger partial charge in [-0.25, -0.2) is 15.0 Å². The molecule has 0 aliphatic carbocycles. The van der Waals surface area contributed by atoms with Gasteiger partial charge < -0.3 is 20.3 Å². The molecule has 4 heterocycles. The Hall–Kier alpha value is -4.27. The van der Waals surface area contributed by atoms with Crippen LogP contribution in [0.1, 0.15) is 19.3 Å². The summed E-state index contributed by atoms with van der Waals surface area (Å²) in [6.45, 7) is 2.10. The van der Waals surface area contributed by atoms with E-state index >= 15 is 0 Å². The summed E-state index contributed by atoms with van der Waals surface area (Å²) in [4.78, 5) is 15.4. The van der Waals surface area contributed by atoms with Gasteiger partial charge in [0, 0.05) is 38.2 Å². The summed E-state index contributed by atoms with van der Waals surface area (Å²) in [5.74, 6) is 3.31. The molecule has 1 aromatic carbocycles. The highest BCUT2D eigenvalue weighted by Crippen LogP contribution is 2.31. The number of nitrogens with zero attached hydrogens (tertiary/aromatic N) is 6. The van der Waals surface area contributed by atoms with E-state index in [1.165, 1.54) is 19.3 Å². The van der Waals surface area contributed by atoms with Crippen LogP contribution in [0.3, 0.4) is 0 Å². The lowest BCUT2D eigenvalue weighted by Crippen LogP contribution is -2.30. The van der Waals surface area contributed by atoms with E-state index in [1.54, 1.807) is 19.4 Å². The molecule has 0 spiro atoms. The largest absolute Gasteiger partial charge is 0.438 e. The third kappa shape index (κ3) is 5.03. The van der Waals surface area contributed by atoms with Crippen LogP contribution in [0.4, 0.5) is 23.3 Å². The minimum atomic E-state index is 0.475. The van der Waals surface area contributed by atoms with Crippen molar-refractivity contribution in [3.63, 3.8) is 0 Å². The normalized spacial score (nSPS) is 13.4. The molecule has 0 unspecified atom stereocenters. The molecule has 1 aliphatic heterocycles. The number of hydrogen-bond donors (Lipinski definition) is 2. The highest BCUT2D eigenvalue weighted by atomic mass is 16.5. The maximum absolute atomic E-state index is 6.07. The molecule has 1 fully saturated rings. The van der Waals surface area contributed by atoms with E-state index in [9.17, 15) is 0 Å². The predicted molar refractivity (Wildman–Crippen MR) is 133 cm³/mol. The molecule has 9 nitrogen and oxygen atoms in total. The Balaban J connectivity index is 1.26. The molecule has 1 aliphatic rings. The summed E-state index contributed by atoms with van der Waals surface area (Å²) < 4.78 is 6.07. The van der Waals surface area contributed by atoms with Crippen LogP contribution < -0.4 is 20.3 Å². The lowest BCUT2D eigenvalue weighted by Gasteiger charge is -2.27. The average molecular weight is 455 g/mol. The highest BCUT2D eigenvalue weighted by Gasteiger charge is 2.13. The van der Waals surface area contributed by atoms with E-state index in [1.807, 2.05) is 54.6 Å². The molecule has 0 saturated carbocycles. The Morgan fingerprint density at radius 2 is 1.71 bits per heavy atom. The number of ether oxygens (including phenoxy) is 1. The molecule has 34 heavy (non-hydrogen) atoms. The second-order valence-corrected chi connectivity index (χ2v) is 7.95. The average Bonchev–Trinajstić information content (AvgIpc) is 2.91. The van der Waals surface area contributed by atoms with Crippen molar-refractivity contribution in [1.29, 1.82) is 0 Å². The van der Waals surface area contributed by atoms with E-state index in [2.05, 4.69) is 40.7 Å². The fourth-order valence-electron chi connectivity index (χ4n) is 3.85. The van der Waals surface area contributed by atoms with Crippen molar-refractivity contribution in [2.75, 3.05) is 35.7 Å². The van der Waals surface area contributed by atoms with Gasteiger partial charge in [0.15, 0.2) is 11.6 Å². The number of rotatable bonds is 7. The molecular formula is C25H26N8O. The van der Waals surface area contributed by atoms with Crippen LogP contribution in [0.5, 0.6) is 11.6 Å². The van der Waals surface area contributed by atoms with Crippen LogP contribution in [0.25, 0.3) is 11.3 Å². The first-order valence-corrected chi connectivity index (χ1v) is 11.4. The Labute approximate surface area is 198 Å². The summed E-state index contributed by atoms with van der Waals surface area (Å²) >= 11 is 0.